The van der Waals surface area contributed by atoms with Crippen molar-refractivity contribution in [3.63, 3.8) is 0 Å². The number of nitrogens with one attached hydrogen (secondary N) is 1. The number of benzene rings is 1. The van der Waals surface area contributed by atoms with Gasteiger partial charge >= 0.3 is 5.97 Å². The van der Waals surface area contributed by atoms with E-state index in [0.717, 1.165) is 43.4 Å². The number of carboxylic acids is 1. The van der Waals surface area contributed by atoms with Crippen molar-refractivity contribution in [2.75, 3.05) is 5.75 Å². The maximum atomic E-state index is 12.6. The molecule has 1 fully saturated rings. The molecule has 2 atom stereocenters. The van der Waals surface area contributed by atoms with Gasteiger partial charge in [-0.05, 0) is 62.0 Å². The minimum atomic E-state index is -3.36. The van der Waals surface area contributed by atoms with Gasteiger partial charge in [0.2, 0.25) is 10.0 Å². The van der Waals surface area contributed by atoms with Crippen molar-refractivity contribution < 1.29 is 18.3 Å². The SMILES string of the molecule is O=C(O)CCCC=CCC1=C(NS(=O)(=O)CCc2ccccc2)C2CCC1C2. The normalized spacial score (nSPS) is 21.6. The highest BCUT2D eigenvalue weighted by Crippen LogP contribution is 2.49. The summed E-state index contributed by atoms with van der Waals surface area (Å²) in [6.45, 7) is 0. The van der Waals surface area contributed by atoms with E-state index < -0.39 is 16.0 Å². The molecule has 2 N–H and O–H groups in total. The standard InChI is InChI=1S/C22H29NO4S/c24-21(25)11-7-2-1-6-10-20-18-12-13-19(16-18)22(20)23-28(26,27)15-14-17-8-4-3-5-9-17/h1,3-6,8-9,18-19,23H,2,7,10-16H2,(H,24,25). The van der Waals surface area contributed by atoms with Crippen LogP contribution in [0.25, 0.3) is 0 Å². The number of unbranched alkanes of at least 4 members (excludes halogenated alkanes) is 1. The monoisotopic (exact) mass is 403 g/mol. The Labute approximate surface area is 167 Å². The van der Waals surface area contributed by atoms with Crippen LogP contribution in [0.1, 0.15) is 50.5 Å². The van der Waals surface area contributed by atoms with Gasteiger partial charge in [0, 0.05) is 18.0 Å². The summed E-state index contributed by atoms with van der Waals surface area (Å²) in [6, 6.07) is 9.68. The lowest BCUT2D eigenvalue weighted by Gasteiger charge is -2.21. The predicted molar refractivity (Wildman–Crippen MR) is 110 cm³/mol. The number of aryl methyl sites for hydroxylation is 1. The second kappa shape index (κ2) is 9.41. The molecule has 5 nitrogen and oxygen atoms in total. The van der Waals surface area contributed by atoms with Crippen molar-refractivity contribution in [2.24, 2.45) is 11.8 Å². The van der Waals surface area contributed by atoms with Gasteiger partial charge < -0.3 is 5.11 Å². The first-order valence-electron chi connectivity index (χ1n) is 10.1. The second-order valence-electron chi connectivity index (χ2n) is 7.76. The first-order valence-corrected chi connectivity index (χ1v) is 11.7. The van der Waals surface area contributed by atoms with Gasteiger partial charge in [-0.25, -0.2) is 8.42 Å². The van der Waals surface area contributed by atoms with Gasteiger partial charge in [-0.15, -0.1) is 0 Å². The van der Waals surface area contributed by atoms with Gasteiger partial charge in [-0.1, -0.05) is 42.5 Å². The topological polar surface area (TPSA) is 83.5 Å². The lowest BCUT2D eigenvalue weighted by Crippen LogP contribution is -2.30. The Morgan fingerprint density at radius 1 is 1.14 bits per heavy atom. The minimum absolute atomic E-state index is 0.0935. The highest BCUT2D eigenvalue weighted by molar-refractivity contribution is 7.89. The quantitative estimate of drug-likeness (QED) is 0.432. The van der Waals surface area contributed by atoms with Crippen LogP contribution in [0.5, 0.6) is 0 Å². The lowest BCUT2D eigenvalue weighted by molar-refractivity contribution is -0.137. The van der Waals surface area contributed by atoms with Crippen LogP contribution in [-0.4, -0.2) is 25.2 Å². The number of hydrogen-bond acceptors (Lipinski definition) is 3. The number of carbonyl (C=O) groups is 1. The van der Waals surface area contributed by atoms with E-state index in [1.54, 1.807) is 0 Å². The zero-order valence-corrected chi connectivity index (χ0v) is 17.0. The van der Waals surface area contributed by atoms with Crippen molar-refractivity contribution >= 4 is 16.0 Å². The number of fused-ring (bicyclic) bond motifs is 2. The zero-order chi connectivity index (χ0) is 20.0. The third-order valence-corrected chi connectivity index (χ3v) is 6.99. The van der Waals surface area contributed by atoms with Gasteiger partial charge in [0.15, 0.2) is 0 Å². The zero-order valence-electron chi connectivity index (χ0n) is 16.1. The van der Waals surface area contributed by atoms with Crippen molar-refractivity contribution in [3.05, 3.63) is 59.3 Å². The van der Waals surface area contributed by atoms with Crippen LogP contribution in [-0.2, 0) is 21.2 Å². The lowest BCUT2D eigenvalue weighted by atomic mass is 9.93. The smallest absolute Gasteiger partial charge is 0.303 e. The molecular formula is C22H29NO4S. The molecule has 2 unspecified atom stereocenters. The number of aliphatic carboxylic acids is 1. The Balaban J connectivity index is 1.59. The molecule has 0 heterocycles. The summed E-state index contributed by atoms with van der Waals surface area (Å²) in [5, 5.41) is 8.68. The molecule has 3 rings (SSSR count). The summed E-state index contributed by atoms with van der Waals surface area (Å²) in [5.41, 5.74) is 3.19. The first kappa shape index (κ1) is 20.6. The maximum Gasteiger partial charge on any atom is 0.303 e. The van der Waals surface area contributed by atoms with E-state index in [1.807, 2.05) is 36.4 Å². The van der Waals surface area contributed by atoms with Crippen LogP contribution in [0, 0.1) is 11.8 Å². The van der Waals surface area contributed by atoms with Crippen molar-refractivity contribution in [1.82, 2.24) is 4.72 Å². The summed E-state index contributed by atoms with van der Waals surface area (Å²) >= 11 is 0. The van der Waals surface area contributed by atoms with Crippen LogP contribution in [0.15, 0.2) is 53.8 Å². The third-order valence-electron chi connectivity index (χ3n) is 5.71. The molecule has 152 valence electrons. The highest BCUT2D eigenvalue weighted by atomic mass is 32.2. The fraction of sp³-hybridized carbons (Fsp3) is 0.500. The molecule has 1 saturated carbocycles. The Morgan fingerprint density at radius 2 is 1.89 bits per heavy atom. The Hall–Kier alpha value is -2.08. The van der Waals surface area contributed by atoms with Crippen LogP contribution < -0.4 is 4.72 Å². The second-order valence-corrected chi connectivity index (χ2v) is 9.61. The van der Waals surface area contributed by atoms with Crippen LogP contribution in [0.4, 0.5) is 0 Å². The minimum Gasteiger partial charge on any atom is -0.481 e. The van der Waals surface area contributed by atoms with E-state index in [4.69, 9.17) is 5.11 Å². The average Bonchev–Trinajstić information content (AvgIpc) is 3.26. The number of sulfonamides is 1. The molecule has 2 aliphatic rings. The Morgan fingerprint density at radius 3 is 2.64 bits per heavy atom. The van der Waals surface area contributed by atoms with Crippen LogP contribution in [0.3, 0.4) is 0 Å². The summed E-state index contributed by atoms with van der Waals surface area (Å²) < 4.78 is 28.2. The Kier molecular flexibility index (Phi) is 6.94. The molecule has 2 aliphatic carbocycles. The van der Waals surface area contributed by atoms with Gasteiger partial charge in [0.05, 0.1) is 5.75 Å². The molecule has 0 aliphatic heterocycles. The summed E-state index contributed by atoms with van der Waals surface area (Å²) in [5.74, 6) is 0.153. The first-order chi connectivity index (χ1) is 13.4. The molecular weight excluding hydrogens is 374 g/mol. The molecule has 0 radical (unpaired) electrons. The van der Waals surface area contributed by atoms with E-state index in [9.17, 15) is 13.2 Å². The fourth-order valence-corrected chi connectivity index (χ4v) is 5.52. The van der Waals surface area contributed by atoms with Gasteiger partial charge in [0.1, 0.15) is 0 Å². The number of allylic oxidation sites excluding steroid dienone is 4. The summed E-state index contributed by atoms with van der Waals surface area (Å²) in [6.07, 6.45) is 10.2. The van der Waals surface area contributed by atoms with E-state index in [-0.39, 0.29) is 12.2 Å². The molecule has 6 heteroatoms. The number of hydrogen-bond donors (Lipinski definition) is 2. The largest absolute Gasteiger partial charge is 0.481 e. The molecule has 0 saturated heterocycles. The molecule has 28 heavy (non-hydrogen) atoms. The molecule has 0 spiro atoms. The number of carboxylic acid groups (broad SMARTS) is 1. The summed E-state index contributed by atoms with van der Waals surface area (Å²) in [4.78, 5) is 10.6. The van der Waals surface area contributed by atoms with Crippen molar-refractivity contribution in [1.29, 1.82) is 0 Å². The van der Waals surface area contributed by atoms with E-state index in [2.05, 4.69) is 10.8 Å². The van der Waals surface area contributed by atoms with Crippen molar-refractivity contribution in [3.8, 4) is 0 Å². The van der Waals surface area contributed by atoms with Gasteiger partial charge in [-0.2, -0.15) is 0 Å². The third kappa shape index (κ3) is 5.71. The predicted octanol–water partition coefficient (Wildman–Crippen LogP) is 4.03. The number of rotatable bonds is 11. The molecule has 1 aromatic carbocycles. The molecule has 2 bridgehead atoms. The molecule has 0 amide bonds. The Bertz CT molecular complexity index is 843. The highest BCUT2D eigenvalue weighted by Gasteiger charge is 2.39. The van der Waals surface area contributed by atoms with Crippen LogP contribution >= 0.6 is 0 Å². The molecule has 1 aromatic rings. The van der Waals surface area contributed by atoms with E-state index in [0.29, 0.717) is 24.7 Å². The van der Waals surface area contributed by atoms with Gasteiger partial charge in [0.25, 0.3) is 0 Å². The average molecular weight is 404 g/mol. The van der Waals surface area contributed by atoms with Gasteiger partial charge in [-0.3, -0.25) is 9.52 Å². The summed E-state index contributed by atoms with van der Waals surface area (Å²) in [7, 11) is -3.36. The maximum absolute atomic E-state index is 12.6. The van der Waals surface area contributed by atoms with Crippen molar-refractivity contribution in [2.45, 2.75) is 51.4 Å². The van der Waals surface area contributed by atoms with E-state index >= 15 is 0 Å². The fourth-order valence-electron chi connectivity index (χ4n) is 4.28. The molecule has 0 aromatic heterocycles. The van der Waals surface area contributed by atoms with E-state index in [1.165, 1.54) is 5.57 Å². The van der Waals surface area contributed by atoms with Crippen LogP contribution in [0.2, 0.25) is 0 Å².